The van der Waals surface area contributed by atoms with Crippen molar-refractivity contribution in [2.75, 3.05) is 33.2 Å². The van der Waals surface area contributed by atoms with Gasteiger partial charge in [-0.1, -0.05) is 17.7 Å². The third-order valence-corrected chi connectivity index (χ3v) is 2.84. The van der Waals surface area contributed by atoms with Gasteiger partial charge in [-0.15, -0.1) is 0 Å². The fourth-order valence-corrected chi connectivity index (χ4v) is 1.59. The third kappa shape index (κ3) is 5.82. The number of nitrogens with one attached hydrogen (secondary N) is 1. The first-order chi connectivity index (χ1) is 8.09. The molecule has 3 nitrogen and oxygen atoms in total. The molecule has 1 aliphatic rings. The van der Waals surface area contributed by atoms with E-state index in [1.807, 2.05) is 19.1 Å². The van der Waals surface area contributed by atoms with E-state index in [-0.39, 0.29) is 0 Å². The van der Waals surface area contributed by atoms with Crippen molar-refractivity contribution in [1.29, 1.82) is 0 Å². The number of piperazine rings is 1. The normalized spacial score (nSPS) is 15.9. The topological polar surface area (TPSA) is 32.3 Å². The smallest absolute Gasteiger partial charge is 0.252 e. The van der Waals surface area contributed by atoms with Crippen LogP contribution in [0.2, 0.25) is 0 Å². The molecule has 2 rings (SSSR count). The number of halogens is 1. The molecule has 0 unspecified atom stereocenters. The lowest BCUT2D eigenvalue weighted by Crippen LogP contribution is -2.40. The second kappa shape index (κ2) is 7.43. The molecule has 0 aliphatic carbocycles. The Hall–Kier alpha value is -0.900. The van der Waals surface area contributed by atoms with Gasteiger partial charge in [-0.05, 0) is 37.7 Å². The van der Waals surface area contributed by atoms with Gasteiger partial charge in [0.15, 0.2) is 0 Å². The summed E-state index contributed by atoms with van der Waals surface area (Å²) in [5.41, 5.74) is 1.67. The Morgan fingerprint density at radius 3 is 2.12 bits per heavy atom. The molecule has 0 amide bonds. The van der Waals surface area contributed by atoms with Crippen LogP contribution in [0.3, 0.4) is 0 Å². The van der Waals surface area contributed by atoms with Gasteiger partial charge >= 0.3 is 0 Å². The van der Waals surface area contributed by atoms with Crippen LogP contribution in [0.5, 0.6) is 0 Å². The van der Waals surface area contributed by atoms with Crippen LogP contribution < -0.4 is 5.32 Å². The Bertz CT molecular complexity index is 345. The van der Waals surface area contributed by atoms with E-state index in [0.717, 1.165) is 18.7 Å². The lowest BCUT2D eigenvalue weighted by atomic mass is 10.2. The van der Waals surface area contributed by atoms with Gasteiger partial charge in [-0.25, -0.2) is 0 Å². The van der Waals surface area contributed by atoms with Crippen molar-refractivity contribution >= 4 is 16.8 Å². The first-order valence-electron chi connectivity index (χ1n) is 5.75. The zero-order chi connectivity index (χ0) is 12.7. The molecule has 94 valence electrons. The van der Waals surface area contributed by atoms with Gasteiger partial charge in [-0.2, -0.15) is 0 Å². The van der Waals surface area contributed by atoms with E-state index in [2.05, 4.69) is 17.3 Å². The number of aryl methyl sites for hydroxylation is 1. The van der Waals surface area contributed by atoms with Crippen molar-refractivity contribution in [3.63, 3.8) is 0 Å². The van der Waals surface area contributed by atoms with Gasteiger partial charge in [0, 0.05) is 31.7 Å². The number of rotatable bonds is 1. The van der Waals surface area contributed by atoms with E-state index in [0.29, 0.717) is 5.56 Å². The van der Waals surface area contributed by atoms with Crippen molar-refractivity contribution < 1.29 is 4.79 Å². The van der Waals surface area contributed by atoms with Crippen molar-refractivity contribution in [3.05, 3.63) is 35.4 Å². The summed E-state index contributed by atoms with van der Waals surface area (Å²) in [5.74, 6) is 0. The summed E-state index contributed by atoms with van der Waals surface area (Å²) in [5, 5.41) is 2.87. The minimum absolute atomic E-state index is 0.403. The first kappa shape index (κ1) is 14.2. The Balaban J connectivity index is 0.000000181. The Morgan fingerprint density at radius 1 is 1.24 bits per heavy atom. The van der Waals surface area contributed by atoms with Crippen LogP contribution in [0.15, 0.2) is 24.3 Å². The molecule has 1 fully saturated rings. The van der Waals surface area contributed by atoms with Crippen molar-refractivity contribution in [2.24, 2.45) is 0 Å². The summed E-state index contributed by atoms with van der Waals surface area (Å²) >= 11 is 5.22. The molecule has 0 saturated carbocycles. The quantitative estimate of drug-likeness (QED) is 0.777. The molecular formula is C13H19ClN2O. The van der Waals surface area contributed by atoms with Gasteiger partial charge in [0.25, 0.3) is 5.24 Å². The molecule has 17 heavy (non-hydrogen) atoms. The highest BCUT2D eigenvalue weighted by molar-refractivity contribution is 6.67. The van der Waals surface area contributed by atoms with Gasteiger partial charge < -0.3 is 10.2 Å². The minimum atomic E-state index is -0.403. The maximum atomic E-state index is 10.5. The summed E-state index contributed by atoms with van der Waals surface area (Å²) in [6.07, 6.45) is 0. The largest absolute Gasteiger partial charge is 0.314 e. The Kier molecular flexibility index (Phi) is 6.19. The van der Waals surface area contributed by atoms with Crippen molar-refractivity contribution in [1.82, 2.24) is 10.2 Å². The van der Waals surface area contributed by atoms with E-state index in [1.54, 1.807) is 12.1 Å². The second-order valence-corrected chi connectivity index (χ2v) is 4.54. The maximum absolute atomic E-state index is 10.5. The minimum Gasteiger partial charge on any atom is -0.314 e. The highest BCUT2D eigenvalue weighted by atomic mass is 35.5. The molecule has 1 N–H and O–H groups in total. The van der Waals surface area contributed by atoms with Crippen LogP contribution in [0.4, 0.5) is 0 Å². The second-order valence-electron chi connectivity index (χ2n) is 4.19. The number of benzene rings is 1. The molecule has 0 spiro atoms. The van der Waals surface area contributed by atoms with Gasteiger partial charge in [0.2, 0.25) is 0 Å². The zero-order valence-electron chi connectivity index (χ0n) is 10.4. The van der Waals surface area contributed by atoms with Gasteiger partial charge in [0.05, 0.1) is 0 Å². The summed E-state index contributed by atoms with van der Waals surface area (Å²) < 4.78 is 0. The number of hydrogen-bond donors (Lipinski definition) is 1. The van der Waals surface area contributed by atoms with E-state index in [1.165, 1.54) is 13.1 Å². The third-order valence-electron chi connectivity index (χ3n) is 2.62. The summed E-state index contributed by atoms with van der Waals surface area (Å²) in [4.78, 5) is 12.9. The molecule has 4 heteroatoms. The average Bonchev–Trinajstić information content (AvgIpc) is 2.31. The number of nitrogens with zero attached hydrogens (tertiary/aromatic N) is 1. The van der Waals surface area contributed by atoms with E-state index in [4.69, 9.17) is 11.6 Å². The summed E-state index contributed by atoms with van der Waals surface area (Å²) in [7, 11) is 2.15. The monoisotopic (exact) mass is 254 g/mol. The van der Waals surface area contributed by atoms with E-state index >= 15 is 0 Å². The zero-order valence-corrected chi connectivity index (χ0v) is 11.1. The number of likely N-dealkylation sites (N-methyl/N-ethyl adjacent to an activating group) is 1. The Labute approximate surface area is 108 Å². The molecule has 0 aromatic heterocycles. The van der Waals surface area contributed by atoms with E-state index < -0.39 is 5.24 Å². The van der Waals surface area contributed by atoms with Crippen LogP contribution in [-0.4, -0.2) is 43.4 Å². The van der Waals surface area contributed by atoms with Crippen LogP contribution in [0.25, 0.3) is 0 Å². The molecule has 1 aromatic rings. The number of carbonyl (C=O) groups is 1. The van der Waals surface area contributed by atoms with Crippen LogP contribution in [0, 0.1) is 6.92 Å². The number of hydrogen-bond acceptors (Lipinski definition) is 3. The average molecular weight is 255 g/mol. The summed E-state index contributed by atoms with van der Waals surface area (Å²) in [6, 6.07) is 7.14. The molecule has 1 heterocycles. The van der Waals surface area contributed by atoms with E-state index in [9.17, 15) is 4.79 Å². The molecular weight excluding hydrogens is 236 g/mol. The molecule has 0 atom stereocenters. The van der Waals surface area contributed by atoms with Crippen molar-refractivity contribution in [3.8, 4) is 0 Å². The predicted octanol–water partition coefficient (Wildman–Crippen LogP) is 1.90. The molecule has 0 bridgehead atoms. The molecule has 1 aromatic carbocycles. The lowest BCUT2D eigenvalue weighted by Gasteiger charge is -2.21. The lowest BCUT2D eigenvalue weighted by molar-refractivity contribution is 0.108. The summed E-state index contributed by atoms with van der Waals surface area (Å²) in [6.45, 7) is 6.70. The fraction of sp³-hybridized carbons (Fsp3) is 0.462. The molecule has 0 radical (unpaired) electrons. The predicted molar refractivity (Wildman–Crippen MR) is 71.7 cm³/mol. The van der Waals surface area contributed by atoms with Crippen LogP contribution in [0.1, 0.15) is 15.9 Å². The Morgan fingerprint density at radius 2 is 1.76 bits per heavy atom. The first-order valence-corrected chi connectivity index (χ1v) is 6.13. The molecule has 1 aliphatic heterocycles. The van der Waals surface area contributed by atoms with Crippen LogP contribution in [-0.2, 0) is 0 Å². The molecule has 1 saturated heterocycles. The van der Waals surface area contributed by atoms with Gasteiger partial charge in [-0.3, -0.25) is 4.79 Å². The van der Waals surface area contributed by atoms with Gasteiger partial charge in [0.1, 0.15) is 0 Å². The van der Waals surface area contributed by atoms with Crippen LogP contribution >= 0.6 is 11.6 Å². The standard InChI is InChI=1S/C8H7ClO.C5H12N2/c1-6-2-4-7(5-3-6)8(9)10;1-7-4-2-6-3-5-7/h2-5H,1H3;6H,2-5H2,1H3. The highest BCUT2D eigenvalue weighted by Crippen LogP contribution is 2.05. The number of carbonyl (C=O) groups excluding carboxylic acids is 1. The highest BCUT2D eigenvalue weighted by Gasteiger charge is 2.01. The maximum Gasteiger partial charge on any atom is 0.252 e. The van der Waals surface area contributed by atoms with Crippen molar-refractivity contribution in [2.45, 2.75) is 6.92 Å². The fourth-order valence-electron chi connectivity index (χ4n) is 1.46. The SMILES string of the molecule is CN1CCNCC1.Cc1ccc(C(=O)Cl)cc1.